The number of carbonyl (C=O) groups is 1. The van der Waals surface area contributed by atoms with Crippen molar-refractivity contribution < 1.29 is 9.53 Å². The van der Waals surface area contributed by atoms with E-state index in [0.29, 0.717) is 18.2 Å². The number of nitrogens with one attached hydrogen (secondary N) is 1. The molecule has 0 aliphatic carbocycles. The molecule has 1 saturated heterocycles. The molecule has 2 rings (SSSR count). The highest BCUT2D eigenvalue weighted by molar-refractivity contribution is 5.89. The molecule has 5 nitrogen and oxygen atoms in total. The van der Waals surface area contributed by atoms with E-state index >= 15 is 0 Å². The van der Waals surface area contributed by atoms with Gasteiger partial charge >= 0.3 is 5.97 Å². The van der Waals surface area contributed by atoms with Crippen molar-refractivity contribution in [2.24, 2.45) is 0 Å². The minimum atomic E-state index is -0.320. The third-order valence-corrected chi connectivity index (χ3v) is 3.25. The van der Waals surface area contributed by atoms with Crippen LogP contribution in [0.1, 0.15) is 30.1 Å². The van der Waals surface area contributed by atoms with E-state index < -0.39 is 0 Å². The van der Waals surface area contributed by atoms with E-state index in [4.69, 9.17) is 4.74 Å². The zero-order valence-corrected chi connectivity index (χ0v) is 11.6. The Bertz CT molecular complexity index is 419. The van der Waals surface area contributed by atoms with Gasteiger partial charge in [-0.15, -0.1) is 0 Å². The number of anilines is 1. The van der Waals surface area contributed by atoms with Crippen LogP contribution < -0.4 is 5.32 Å². The van der Waals surface area contributed by atoms with E-state index in [1.54, 1.807) is 19.2 Å². The van der Waals surface area contributed by atoms with Gasteiger partial charge in [0, 0.05) is 18.8 Å². The lowest BCUT2D eigenvalue weighted by Gasteiger charge is -2.30. The van der Waals surface area contributed by atoms with Gasteiger partial charge in [0.15, 0.2) is 0 Å². The molecule has 1 aromatic heterocycles. The van der Waals surface area contributed by atoms with Crippen molar-refractivity contribution in [3.63, 3.8) is 0 Å². The summed E-state index contributed by atoms with van der Waals surface area (Å²) in [6.45, 7) is 4.36. The monoisotopic (exact) mass is 263 g/mol. The van der Waals surface area contributed by atoms with Crippen LogP contribution in [0, 0.1) is 0 Å². The molecule has 0 spiro atoms. The van der Waals surface area contributed by atoms with Crippen LogP contribution in [-0.2, 0) is 4.74 Å². The number of aromatic nitrogens is 1. The molecule has 5 heteroatoms. The molecule has 0 aromatic carbocycles. The maximum atomic E-state index is 11.5. The number of carbonyl (C=O) groups excluding carboxylic acids is 1. The molecule has 1 aliphatic rings. The predicted octanol–water partition coefficient (Wildman–Crippen LogP) is 1.76. The smallest absolute Gasteiger partial charge is 0.339 e. The van der Waals surface area contributed by atoms with Gasteiger partial charge in [-0.3, -0.25) is 0 Å². The van der Waals surface area contributed by atoms with Crippen LogP contribution in [0.5, 0.6) is 0 Å². The van der Waals surface area contributed by atoms with E-state index in [1.165, 1.54) is 6.42 Å². The summed E-state index contributed by atoms with van der Waals surface area (Å²) in [7, 11) is 2.13. The molecule has 2 heterocycles. The molecule has 1 N–H and O–H groups in total. The molecule has 0 radical (unpaired) electrons. The number of esters is 1. The molecule has 0 saturated carbocycles. The van der Waals surface area contributed by atoms with Gasteiger partial charge in [0.05, 0.1) is 12.2 Å². The van der Waals surface area contributed by atoms with Crippen molar-refractivity contribution in [3.8, 4) is 0 Å². The quantitative estimate of drug-likeness (QED) is 0.839. The molecule has 0 bridgehead atoms. The zero-order valence-electron chi connectivity index (χ0n) is 11.6. The molecular formula is C14H21N3O2. The standard InChI is InChI=1S/C14H21N3O2/c1-3-19-14(18)11-6-7-13(15-9-11)16-12-5-4-8-17(2)10-12/h6-7,9,12H,3-5,8,10H2,1-2H3,(H,15,16). The van der Waals surface area contributed by atoms with Gasteiger partial charge < -0.3 is 15.0 Å². The van der Waals surface area contributed by atoms with Crippen LogP contribution >= 0.6 is 0 Å². The van der Waals surface area contributed by atoms with E-state index in [1.807, 2.05) is 6.07 Å². The number of piperidine rings is 1. The van der Waals surface area contributed by atoms with E-state index in [0.717, 1.165) is 25.3 Å². The molecule has 1 atom stereocenters. The van der Waals surface area contributed by atoms with Gasteiger partial charge in [-0.05, 0) is 45.5 Å². The van der Waals surface area contributed by atoms with Gasteiger partial charge in [0.25, 0.3) is 0 Å². The average Bonchev–Trinajstić information content (AvgIpc) is 2.40. The highest BCUT2D eigenvalue weighted by atomic mass is 16.5. The van der Waals surface area contributed by atoms with E-state index in [9.17, 15) is 4.79 Å². The van der Waals surface area contributed by atoms with Gasteiger partial charge in [0.1, 0.15) is 5.82 Å². The van der Waals surface area contributed by atoms with Gasteiger partial charge in [-0.1, -0.05) is 0 Å². The SMILES string of the molecule is CCOC(=O)c1ccc(NC2CCCN(C)C2)nc1. The third-order valence-electron chi connectivity index (χ3n) is 3.25. The van der Waals surface area contributed by atoms with Crippen LogP contribution in [-0.4, -0.2) is 48.6 Å². The number of likely N-dealkylation sites (tertiary alicyclic amines) is 1. The van der Waals surface area contributed by atoms with Crippen LogP contribution in [0.3, 0.4) is 0 Å². The first-order valence-electron chi connectivity index (χ1n) is 6.77. The molecular weight excluding hydrogens is 242 g/mol. The summed E-state index contributed by atoms with van der Waals surface area (Å²) in [6.07, 6.45) is 3.92. The minimum Gasteiger partial charge on any atom is -0.462 e. The van der Waals surface area contributed by atoms with Gasteiger partial charge in [-0.2, -0.15) is 0 Å². The van der Waals surface area contributed by atoms with Crippen molar-refractivity contribution in [1.82, 2.24) is 9.88 Å². The topological polar surface area (TPSA) is 54.5 Å². The van der Waals surface area contributed by atoms with Gasteiger partial charge in [-0.25, -0.2) is 9.78 Å². The predicted molar refractivity (Wildman–Crippen MR) is 74.3 cm³/mol. The second-order valence-corrected chi connectivity index (χ2v) is 4.90. The summed E-state index contributed by atoms with van der Waals surface area (Å²) in [5.74, 6) is 0.493. The van der Waals surface area contributed by atoms with Gasteiger partial charge in [0.2, 0.25) is 0 Å². The van der Waals surface area contributed by atoms with Crippen molar-refractivity contribution >= 4 is 11.8 Å². The van der Waals surface area contributed by atoms with Crippen LogP contribution in [0.2, 0.25) is 0 Å². The number of rotatable bonds is 4. The fraction of sp³-hybridized carbons (Fsp3) is 0.571. The lowest BCUT2D eigenvalue weighted by Crippen LogP contribution is -2.39. The van der Waals surface area contributed by atoms with Crippen molar-refractivity contribution in [2.75, 3.05) is 32.1 Å². The molecule has 1 aliphatic heterocycles. The molecule has 0 amide bonds. The average molecular weight is 263 g/mol. The van der Waals surface area contributed by atoms with Crippen molar-refractivity contribution in [3.05, 3.63) is 23.9 Å². The summed E-state index contributed by atoms with van der Waals surface area (Å²) in [5, 5.41) is 3.40. The van der Waals surface area contributed by atoms with Crippen molar-refractivity contribution in [1.29, 1.82) is 0 Å². The second-order valence-electron chi connectivity index (χ2n) is 4.90. The number of nitrogens with zero attached hydrogens (tertiary/aromatic N) is 2. The van der Waals surface area contributed by atoms with Crippen LogP contribution in [0.4, 0.5) is 5.82 Å². The lowest BCUT2D eigenvalue weighted by atomic mass is 10.1. The third kappa shape index (κ3) is 3.92. The van der Waals surface area contributed by atoms with Crippen LogP contribution in [0.25, 0.3) is 0 Å². The minimum absolute atomic E-state index is 0.320. The number of ether oxygens (including phenoxy) is 1. The fourth-order valence-corrected chi connectivity index (χ4v) is 2.31. The Morgan fingerprint density at radius 3 is 3.05 bits per heavy atom. The molecule has 1 unspecified atom stereocenters. The maximum Gasteiger partial charge on any atom is 0.339 e. The highest BCUT2D eigenvalue weighted by Gasteiger charge is 2.17. The van der Waals surface area contributed by atoms with Crippen LogP contribution in [0.15, 0.2) is 18.3 Å². The Kier molecular flexibility index (Phi) is 4.74. The maximum absolute atomic E-state index is 11.5. The summed E-state index contributed by atoms with van der Waals surface area (Å²) in [6, 6.07) is 4.01. The lowest BCUT2D eigenvalue weighted by molar-refractivity contribution is 0.0526. The first-order valence-corrected chi connectivity index (χ1v) is 6.77. The fourth-order valence-electron chi connectivity index (χ4n) is 2.31. The van der Waals surface area contributed by atoms with E-state index in [-0.39, 0.29) is 5.97 Å². The summed E-state index contributed by atoms with van der Waals surface area (Å²) < 4.78 is 4.93. The molecule has 1 fully saturated rings. The van der Waals surface area contributed by atoms with E-state index in [2.05, 4.69) is 22.2 Å². The zero-order chi connectivity index (χ0) is 13.7. The normalized spacial score (nSPS) is 20.0. The Hall–Kier alpha value is -1.62. The number of pyridine rings is 1. The summed E-state index contributed by atoms with van der Waals surface area (Å²) in [4.78, 5) is 18.1. The Morgan fingerprint density at radius 1 is 1.58 bits per heavy atom. The Labute approximate surface area is 114 Å². The number of likely N-dealkylation sites (N-methyl/N-ethyl adjacent to an activating group) is 1. The molecule has 19 heavy (non-hydrogen) atoms. The highest BCUT2D eigenvalue weighted by Crippen LogP contribution is 2.14. The molecule has 1 aromatic rings. The number of hydrogen-bond donors (Lipinski definition) is 1. The first kappa shape index (κ1) is 13.8. The number of hydrogen-bond acceptors (Lipinski definition) is 5. The first-order chi connectivity index (χ1) is 9.19. The Balaban J connectivity index is 1.93. The van der Waals surface area contributed by atoms with Crippen molar-refractivity contribution in [2.45, 2.75) is 25.8 Å². The Morgan fingerprint density at radius 2 is 2.42 bits per heavy atom. The molecule has 104 valence electrons. The second kappa shape index (κ2) is 6.52. The largest absolute Gasteiger partial charge is 0.462 e. The summed E-state index contributed by atoms with van der Waals surface area (Å²) >= 11 is 0. The summed E-state index contributed by atoms with van der Waals surface area (Å²) in [5.41, 5.74) is 0.494.